The number of likely N-dealkylation sites (N-methyl/N-ethyl adjacent to an activating group) is 1. The first kappa shape index (κ1) is 18.3. The van der Waals surface area contributed by atoms with Crippen LogP contribution in [0.1, 0.15) is 11.1 Å². The van der Waals surface area contributed by atoms with E-state index in [-0.39, 0.29) is 5.91 Å². The second kappa shape index (κ2) is 7.79. The highest BCUT2D eigenvalue weighted by atomic mass is 35.5. The van der Waals surface area contributed by atoms with Crippen LogP contribution in [0.5, 0.6) is 5.75 Å². The average Bonchev–Trinajstić information content (AvgIpc) is 2.82. The van der Waals surface area contributed by atoms with Crippen molar-refractivity contribution in [2.45, 2.75) is 6.61 Å². The van der Waals surface area contributed by atoms with Gasteiger partial charge >= 0.3 is 0 Å². The molecule has 1 heterocycles. The van der Waals surface area contributed by atoms with Gasteiger partial charge in [0.1, 0.15) is 16.7 Å². The molecule has 1 aliphatic rings. The molecule has 3 nitrogen and oxygen atoms in total. The highest BCUT2D eigenvalue weighted by Crippen LogP contribution is 2.33. The zero-order chi connectivity index (χ0) is 18.0. The Bertz CT molecular complexity index is 883. The predicted molar refractivity (Wildman–Crippen MR) is 108 cm³/mol. The summed E-state index contributed by atoms with van der Waals surface area (Å²) >= 11 is 18.5. The van der Waals surface area contributed by atoms with Gasteiger partial charge in [0.2, 0.25) is 0 Å². The standard InChI is InChI=1S/C18H13Cl2NO2S2/c1-21-17(22)16(25-18(21)24)8-11-4-2-3-5-15(11)23-10-12-6-7-13(19)9-14(12)20/h2-9H,10H2,1H3. The summed E-state index contributed by atoms with van der Waals surface area (Å²) in [7, 11) is 1.67. The number of hydrogen-bond donors (Lipinski definition) is 0. The molecule has 128 valence electrons. The Morgan fingerprint density at radius 1 is 1.24 bits per heavy atom. The number of hydrogen-bond acceptors (Lipinski definition) is 4. The fourth-order valence-electron chi connectivity index (χ4n) is 2.21. The summed E-state index contributed by atoms with van der Waals surface area (Å²) in [6.45, 7) is 0.301. The molecule has 0 bridgehead atoms. The molecule has 7 heteroatoms. The molecule has 2 aromatic carbocycles. The van der Waals surface area contributed by atoms with E-state index in [9.17, 15) is 4.79 Å². The minimum Gasteiger partial charge on any atom is -0.488 e. The van der Waals surface area contributed by atoms with E-state index >= 15 is 0 Å². The van der Waals surface area contributed by atoms with Gasteiger partial charge in [0.15, 0.2) is 0 Å². The third-order valence-electron chi connectivity index (χ3n) is 3.59. The van der Waals surface area contributed by atoms with Crippen LogP contribution in [0.25, 0.3) is 6.08 Å². The summed E-state index contributed by atoms with van der Waals surface area (Å²) in [4.78, 5) is 14.2. The number of carbonyl (C=O) groups is 1. The molecule has 0 N–H and O–H groups in total. The van der Waals surface area contributed by atoms with Crippen molar-refractivity contribution in [3.8, 4) is 5.75 Å². The molecular weight excluding hydrogens is 397 g/mol. The lowest BCUT2D eigenvalue weighted by atomic mass is 10.1. The molecule has 25 heavy (non-hydrogen) atoms. The maximum absolute atomic E-state index is 12.2. The lowest BCUT2D eigenvalue weighted by Gasteiger charge is -2.11. The van der Waals surface area contributed by atoms with Crippen molar-refractivity contribution >= 4 is 63.5 Å². The first-order valence-corrected chi connectivity index (χ1v) is 9.31. The quantitative estimate of drug-likeness (QED) is 0.499. The van der Waals surface area contributed by atoms with Crippen LogP contribution in [0, 0.1) is 0 Å². The monoisotopic (exact) mass is 409 g/mol. The van der Waals surface area contributed by atoms with E-state index in [0.29, 0.717) is 31.6 Å². The average molecular weight is 410 g/mol. The molecule has 0 aliphatic carbocycles. The Morgan fingerprint density at radius 3 is 2.68 bits per heavy atom. The van der Waals surface area contributed by atoms with E-state index in [1.165, 1.54) is 16.7 Å². The minimum absolute atomic E-state index is 0.106. The van der Waals surface area contributed by atoms with Gasteiger partial charge < -0.3 is 4.74 Å². The van der Waals surface area contributed by atoms with Crippen molar-refractivity contribution in [1.82, 2.24) is 4.90 Å². The van der Waals surface area contributed by atoms with Gasteiger partial charge in [0.05, 0.1) is 4.91 Å². The Hall–Kier alpha value is -1.53. The number of amides is 1. The van der Waals surface area contributed by atoms with Crippen LogP contribution in [0.15, 0.2) is 47.4 Å². The Balaban J connectivity index is 1.82. The van der Waals surface area contributed by atoms with Gasteiger partial charge in [-0.2, -0.15) is 0 Å². The molecule has 3 rings (SSSR count). The van der Waals surface area contributed by atoms with E-state index in [0.717, 1.165) is 11.1 Å². The van der Waals surface area contributed by atoms with Gasteiger partial charge in [-0.1, -0.05) is 71.4 Å². The van der Waals surface area contributed by atoms with Crippen molar-refractivity contribution in [3.63, 3.8) is 0 Å². The third kappa shape index (κ3) is 4.18. The molecule has 1 aliphatic heterocycles. The Kier molecular flexibility index (Phi) is 5.69. The molecule has 0 spiro atoms. The topological polar surface area (TPSA) is 29.5 Å². The number of ether oxygens (including phenoxy) is 1. The number of thioether (sulfide) groups is 1. The molecule has 0 aromatic heterocycles. The number of para-hydroxylation sites is 1. The first-order chi connectivity index (χ1) is 12.0. The molecule has 1 amide bonds. The number of halogens is 2. The number of carbonyl (C=O) groups excluding carboxylic acids is 1. The third-order valence-corrected chi connectivity index (χ3v) is 5.66. The van der Waals surface area contributed by atoms with Crippen LogP contribution >= 0.6 is 47.2 Å². The number of thiocarbonyl (C=S) groups is 1. The molecular formula is C18H13Cl2NO2S2. The summed E-state index contributed by atoms with van der Waals surface area (Å²) in [5.74, 6) is 0.556. The Morgan fingerprint density at radius 2 is 2.00 bits per heavy atom. The van der Waals surface area contributed by atoms with Crippen LogP contribution in [-0.2, 0) is 11.4 Å². The van der Waals surface area contributed by atoms with Gasteiger partial charge in [-0.3, -0.25) is 9.69 Å². The van der Waals surface area contributed by atoms with Crippen LogP contribution in [0.2, 0.25) is 10.0 Å². The maximum atomic E-state index is 12.2. The lowest BCUT2D eigenvalue weighted by Crippen LogP contribution is -2.22. The number of nitrogens with zero attached hydrogens (tertiary/aromatic N) is 1. The lowest BCUT2D eigenvalue weighted by molar-refractivity contribution is -0.121. The fourth-order valence-corrected chi connectivity index (χ4v) is 3.85. The van der Waals surface area contributed by atoms with Crippen LogP contribution in [0.3, 0.4) is 0 Å². The van der Waals surface area contributed by atoms with Crippen LogP contribution < -0.4 is 4.74 Å². The second-order valence-corrected chi connectivity index (χ2v) is 7.82. The molecule has 1 saturated heterocycles. The summed E-state index contributed by atoms with van der Waals surface area (Å²) in [6, 6.07) is 12.8. The van der Waals surface area contributed by atoms with E-state index in [4.69, 9.17) is 40.2 Å². The zero-order valence-electron chi connectivity index (χ0n) is 13.2. The Labute approximate surface area is 165 Å². The highest BCUT2D eigenvalue weighted by Gasteiger charge is 2.28. The van der Waals surface area contributed by atoms with Gasteiger partial charge in [-0.15, -0.1) is 0 Å². The number of rotatable bonds is 4. The van der Waals surface area contributed by atoms with Crippen molar-refractivity contribution in [2.75, 3.05) is 7.05 Å². The van der Waals surface area contributed by atoms with E-state index in [1.807, 2.05) is 30.3 Å². The number of benzene rings is 2. The van der Waals surface area contributed by atoms with Gasteiger partial charge in [0, 0.05) is 28.2 Å². The molecule has 0 atom stereocenters. The highest BCUT2D eigenvalue weighted by molar-refractivity contribution is 8.26. The summed E-state index contributed by atoms with van der Waals surface area (Å²) in [5, 5.41) is 1.13. The SMILES string of the molecule is CN1C(=O)C(=Cc2ccccc2OCc2ccc(Cl)cc2Cl)SC1=S. The first-order valence-electron chi connectivity index (χ1n) is 7.33. The van der Waals surface area contributed by atoms with Crippen LogP contribution in [-0.4, -0.2) is 22.2 Å². The molecule has 0 saturated carbocycles. The summed E-state index contributed by atoms with van der Waals surface area (Å²) in [6.07, 6.45) is 1.79. The van der Waals surface area contributed by atoms with Gasteiger partial charge in [0.25, 0.3) is 5.91 Å². The van der Waals surface area contributed by atoms with E-state index in [2.05, 4.69) is 0 Å². The van der Waals surface area contributed by atoms with E-state index in [1.54, 1.807) is 25.3 Å². The van der Waals surface area contributed by atoms with Crippen molar-refractivity contribution in [2.24, 2.45) is 0 Å². The molecule has 2 aromatic rings. The van der Waals surface area contributed by atoms with Gasteiger partial charge in [-0.05, 0) is 24.3 Å². The minimum atomic E-state index is -0.106. The molecule has 0 radical (unpaired) electrons. The second-order valence-electron chi connectivity index (χ2n) is 5.30. The molecule has 0 unspecified atom stereocenters. The fraction of sp³-hybridized carbons (Fsp3) is 0.111. The smallest absolute Gasteiger partial charge is 0.265 e. The predicted octanol–water partition coefficient (Wildman–Crippen LogP) is 5.40. The van der Waals surface area contributed by atoms with Gasteiger partial charge in [-0.25, -0.2) is 0 Å². The largest absolute Gasteiger partial charge is 0.488 e. The van der Waals surface area contributed by atoms with Crippen molar-refractivity contribution < 1.29 is 9.53 Å². The molecule has 1 fully saturated rings. The van der Waals surface area contributed by atoms with Crippen molar-refractivity contribution in [1.29, 1.82) is 0 Å². The normalized spacial score (nSPS) is 16.0. The zero-order valence-corrected chi connectivity index (χ0v) is 16.3. The van der Waals surface area contributed by atoms with Crippen molar-refractivity contribution in [3.05, 3.63) is 68.5 Å². The van der Waals surface area contributed by atoms with Crippen LogP contribution in [0.4, 0.5) is 0 Å². The summed E-state index contributed by atoms with van der Waals surface area (Å²) < 4.78 is 6.45. The maximum Gasteiger partial charge on any atom is 0.265 e. The van der Waals surface area contributed by atoms with E-state index < -0.39 is 0 Å². The summed E-state index contributed by atoms with van der Waals surface area (Å²) in [5.41, 5.74) is 1.64.